The highest BCUT2D eigenvalue weighted by molar-refractivity contribution is 5.96. The molecule has 1 fully saturated rings. The smallest absolute Gasteiger partial charge is 0.269 e. The molecule has 0 saturated heterocycles. The quantitative estimate of drug-likeness (QED) is 0.676. The van der Waals surface area contributed by atoms with Crippen molar-refractivity contribution in [3.05, 3.63) is 39.4 Å². The number of benzene rings is 1. The van der Waals surface area contributed by atoms with Crippen LogP contribution in [0.4, 0.5) is 5.69 Å². The van der Waals surface area contributed by atoms with Crippen LogP contribution in [0, 0.1) is 17.0 Å². The maximum Gasteiger partial charge on any atom is 0.269 e. The Labute approximate surface area is 116 Å². The molecule has 2 rings (SSSR count). The Hall–Kier alpha value is -2.24. The molecule has 0 spiro atoms. The van der Waals surface area contributed by atoms with Gasteiger partial charge in [-0.2, -0.15) is 0 Å². The van der Waals surface area contributed by atoms with Gasteiger partial charge in [0.2, 0.25) is 0 Å². The summed E-state index contributed by atoms with van der Waals surface area (Å²) in [6.45, 7) is 1.67. The number of ketones is 1. The Bertz CT molecular complexity index is 558. The average Bonchev–Trinajstić information content (AvgIpc) is 2.41. The van der Waals surface area contributed by atoms with Gasteiger partial charge in [0.05, 0.1) is 4.92 Å². The summed E-state index contributed by atoms with van der Waals surface area (Å²) < 4.78 is 0. The molecule has 1 aliphatic carbocycles. The summed E-state index contributed by atoms with van der Waals surface area (Å²) in [5.41, 5.74) is 0.985. The van der Waals surface area contributed by atoms with E-state index in [2.05, 4.69) is 5.32 Å². The van der Waals surface area contributed by atoms with Crippen LogP contribution in [-0.4, -0.2) is 22.7 Å². The van der Waals surface area contributed by atoms with E-state index in [0.717, 1.165) is 0 Å². The number of Topliss-reactive ketones (excluding diaryl/α,β-unsaturated/α-hetero) is 1. The first-order chi connectivity index (χ1) is 9.47. The van der Waals surface area contributed by atoms with Crippen LogP contribution < -0.4 is 5.32 Å². The third-order valence-electron chi connectivity index (χ3n) is 3.54. The first-order valence-corrected chi connectivity index (χ1v) is 6.55. The molecule has 1 N–H and O–H groups in total. The van der Waals surface area contributed by atoms with Crippen LogP contribution in [-0.2, 0) is 4.79 Å². The maximum absolute atomic E-state index is 12.1. The van der Waals surface area contributed by atoms with Crippen LogP contribution >= 0.6 is 0 Å². The van der Waals surface area contributed by atoms with Crippen molar-refractivity contribution in [3.8, 4) is 0 Å². The van der Waals surface area contributed by atoms with E-state index >= 15 is 0 Å². The van der Waals surface area contributed by atoms with Crippen LogP contribution in [0.2, 0.25) is 0 Å². The summed E-state index contributed by atoms with van der Waals surface area (Å²) >= 11 is 0. The molecule has 1 aromatic carbocycles. The van der Waals surface area contributed by atoms with Crippen LogP contribution in [0.1, 0.15) is 41.6 Å². The largest absolute Gasteiger partial charge is 0.349 e. The molecular formula is C14H16N2O4. The number of rotatable bonds is 3. The Morgan fingerprint density at radius 2 is 2.00 bits per heavy atom. The monoisotopic (exact) mass is 276 g/mol. The Balaban J connectivity index is 2.06. The van der Waals surface area contributed by atoms with Gasteiger partial charge in [-0.3, -0.25) is 19.7 Å². The minimum atomic E-state index is -0.485. The standard InChI is InChI=1S/C14H16N2O4/c1-9-8-11(16(19)20)4-7-13(9)14(18)15-10-2-5-12(17)6-3-10/h4,7-8,10H,2-3,5-6H2,1H3,(H,15,18). The summed E-state index contributed by atoms with van der Waals surface area (Å²) in [6.07, 6.45) is 2.33. The number of non-ortho nitro benzene ring substituents is 1. The van der Waals surface area contributed by atoms with Crippen molar-refractivity contribution in [1.82, 2.24) is 5.32 Å². The van der Waals surface area contributed by atoms with Crippen LogP contribution in [0.3, 0.4) is 0 Å². The topological polar surface area (TPSA) is 89.3 Å². The van der Waals surface area contributed by atoms with E-state index in [-0.39, 0.29) is 23.4 Å². The van der Waals surface area contributed by atoms with Crippen molar-refractivity contribution < 1.29 is 14.5 Å². The molecule has 0 aromatic heterocycles. The zero-order valence-electron chi connectivity index (χ0n) is 11.2. The molecule has 1 saturated carbocycles. The maximum atomic E-state index is 12.1. The number of nitro groups is 1. The minimum absolute atomic E-state index is 0.00907. The second-order valence-corrected chi connectivity index (χ2v) is 5.04. The van der Waals surface area contributed by atoms with Crippen LogP contribution in [0.25, 0.3) is 0 Å². The number of amides is 1. The van der Waals surface area contributed by atoms with Gasteiger partial charge in [-0.05, 0) is 31.4 Å². The highest BCUT2D eigenvalue weighted by atomic mass is 16.6. The average molecular weight is 276 g/mol. The molecule has 1 aliphatic rings. The van der Waals surface area contributed by atoms with E-state index in [1.807, 2.05) is 0 Å². The van der Waals surface area contributed by atoms with Crippen molar-refractivity contribution in [2.75, 3.05) is 0 Å². The molecule has 0 bridgehead atoms. The van der Waals surface area contributed by atoms with Gasteiger partial charge < -0.3 is 5.32 Å². The molecule has 0 heterocycles. The van der Waals surface area contributed by atoms with Gasteiger partial charge in [0.1, 0.15) is 5.78 Å². The summed E-state index contributed by atoms with van der Waals surface area (Å²) in [7, 11) is 0. The number of nitro benzene ring substituents is 1. The number of carbonyl (C=O) groups is 2. The first-order valence-electron chi connectivity index (χ1n) is 6.55. The zero-order chi connectivity index (χ0) is 14.7. The summed E-state index contributed by atoms with van der Waals surface area (Å²) in [5.74, 6) is -0.00115. The lowest BCUT2D eigenvalue weighted by Crippen LogP contribution is -2.38. The van der Waals surface area contributed by atoms with Gasteiger partial charge in [0.25, 0.3) is 11.6 Å². The third kappa shape index (κ3) is 3.20. The molecule has 106 valence electrons. The first kappa shape index (κ1) is 14.2. The Morgan fingerprint density at radius 3 is 2.55 bits per heavy atom. The number of nitrogens with one attached hydrogen (secondary N) is 1. The van der Waals surface area contributed by atoms with Gasteiger partial charge in [0, 0.05) is 36.6 Å². The normalized spacial score (nSPS) is 15.9. The van der Waals surface area contributed by atoms with Crippen molar-refractivity contribution in [2.45, 2.75) is 38.6 Å². The molecule has 1 amide bonds. The number of hydrogen-bond donors (Lipinski definition) is 1. The van der Waals surface area contributed by atoms with E-state index in [4.69, 9.17) is 0 Å². The molecule has 6 heteroatoms. The highest BCUT2D eigenvalue weighted by Gasteiger charge is 2.21. The predicted octanol–water partition coefficient (Wildman–Crippen LogP) is 2.14. The number of aryl methyl sites for hydroxylation is 1. The number of carbonyl (C=O) groups excluding carboxylic acids is 2. The van der Waals surface area contributed by atoms with Crippen molar-refractivity contribution in [2.24, 2.45) is 0 Å². The second-order valence-electron chi connectivity index (χ2n) is 5.04. The molecule has 6 nitrogen and oxygen atoms in total. The number of hydrogen-bond acceptors (Lipinski definition) is 4. The lowest BCUT2D eigenvalue weighted by atomic mass is 9.94. The van der Waals surface area contributed by atoms with Crippen molar-refractivity contribution in [1.29, 1.82) is 0 Å². The highest BCUT2D eigenvalue weighted by Crippen LogP contribution is 2.19. The summed E-state index contributed by atoms with van der Waals surface area (Å²) in [6, 6.07) is 4.19. The molecule has 0 aliphatic heterocycles. The lowest BCUT2D eigenvalue weighted by molar-refractivity contribution is -0.384. The molecule has 0 radical (unpaired) electrons. The van der Waals surface area contributed by atoms with Crippen molar-refractivity contribution >= 4 is 17.4 Å². The van der Waals surface area contributed by atoms with Gasteiger partial charge in [-0.1, -0.05) is 0 Å². The molecular weight excluding hydrogens is 260 g/mol. The summed E-state index contributed by atoms with van der Waals surface area (Å²) in [4.78, 5) is 33.4. The molecule has 1 aromatic rings. The van der Waals surface area contributed by atoms with Crippen LogP contribution in [0.5, 0.6) is 0 Å². The van der Waals surface area contributed by atoms with E-state index < -0.39 is 4.92 Å². The molecule has 0 atom stereocenters. The van der Waals surface area contributed by atoms with Crippen LogP contribution in [0.15, 0.2) is 18.2 Å². The van der Waals surface area contributed by atoms with E-state index in [0.29, 0.717) is 36.8 Å². The number of nitrogens with zero attached hydrogens (tertiary/aromatic N) is 1. The van der Waals surface area contributed by atoms with Gasteiger partial charge in [-0.25, -0.2) is 0 Å². The zero-order valence-corrected chi connectivity index (χ0v) is 11.2. The SMILES string of the molecule is Cc1cc([N+](=O)[O-])ccc1C(=O)NC1CCC(=O)CC1. The minimum Gasteiger partial charge on any atom is -0.349 e. The Kier molecular flexibility index (Phi) is 4.12. The summed E-state index contributed by atoms with van der Waals surface area (Å²) in [5, 5.41) is 13.5. The fourth-order valence-electron chi connectivity index (χ4n) is 2.36. The van der Waals surface area contributed by atoms with E-state index in [9.17, 15) is 19.7 Å². The lowest BCUT2D eigenvalue weighted by Gasteiger charge is -2.22. The molecule has 0 unspecified atom stereocenters. The van der Waals surface area contributed by atoms with E-state index in [1.54, 1.807) is 6.92 Å². The fourth-order valence-corrected chi connectivity index (χ4v) is 2.36. The predicted molar refractivity (Wildman–Crippen MR) is 72.6 cm³/mol. The van der Waals surface area contributed by atoms with Gasteiger partial charge in [0.15, 0.2) is 0 Å². The Morgan fingerprint density at radius 1 is 1.35 bits per heavy atom. The molecule has 20 heavy (non-hydrogen) atoms. The van der Waals surface area contributed by atoms with Crippen molar-refractivity contribution in [3.63, 3.8) is 0 Å². The second kappa shape index (κ2) is 5.81. The third-order valence-corrected chi connectivity index (χ3v) is 3.54. The van der Waals surface area contributed by atoms with Gasteiger partial charge >= 0.3 is 0 Å². The van der Waals surface area contributed by atoms with E-state index in [1.165, 1.54) is 18.2 Å². The fraction of sp³-hybridized carbons (Fsp3) is 0.429. The van der Waals surface area contributed by atoms with Gasteiger partial charge in [-0.15, -0.1) is 0 Å².